The van der Waals surface area contributed by atoms with Crippen LogP contribution in [0.25, 0.3) is 0 Å². The number of ether oxygens (including phenoxy) is 1. The number of allylic oxidation sites excluding steroid dienone is 2. The highest BCUT2D eigenvalue weighted by Gasteiger charge is 2.24. The van der Waals surface area contributed by atoms with Gasteiger partial charge in [-0.15, -0.1) is 0 Å². The van der Waals surface area contributed by atoms with Gasteiger partial charge in [-0.25, -0.2) is 0 Å². The van der Waals surface area contributed by atoms with Crippen LogP contribution >= 0.6 is 0 Å². The summed E-state index contributed by atoms with van der Waals surface area (Å²) in [7, 11) is 1.77. The molecule has 0 radical (unpaired) electrons. The molecule has 4 atom stereocenters. The topological polar surface area (TPSA) is 29.5 Å². The third kappa shape index (κ3) is 2.70. The Hall–Kier alpha value is -0.600. The number of aliphatic hydroxyl groups is 1. The fraction of sp³-hybridized carbons (Fsp3) is 0.692. The van der Waals surface area contributed by atoms with Crippen molar-refractivity contribution >= 4 is 0 Å². The van der Waals surface area contributed by atoms with Gasteiger partial charge in [0, 0.05) is 7.11 Å². The molecule has 0 aromatic heterocycles. The van der Waals surface area contributed by atoms with E-state index in [0.717, 1.165) is 19.3 Å². The molecule has 0 aromatic rings. The van der Waals surface area contributed by atoms with Gasteiger partial charge in [-0.05, 0) is 37.5 Å². The van der Waals surface area contributed by atoms with Crippen molar-refractivity contribution in [1.82, 2.24) is 0 Å². The molecule has 2 unspecified atom stereocenters. The van der Waals surface area contributed by atoms with Gasteiger partial charge in [0.25, 0.3) is 0 Å². The fourth-order valence-corrected chi connectivity index (χ4v) is 2.55. The van der Waals surface area contributed by atoms with Gasteiger partial charge in [0.1, 0.15) is 0 Å². The van der Waals surface area contributed by atoms with E-state index < -0.39 is 0 Å². The van der Waals surface area contributed by atoms with Gasteiger partial charge in [-0.1, -0.05) is 24.3 Å². The number of rotatable bonds is 2. The Morgan fingerprint density at radius 1 is 0.933 bits per heavy atom. The number of hydrogen-bond donors (Lipinski definition) is 1. The highest BCUT2D eigenvalue weighted by atomic mass is 16.5. The van der Waals surface area contributed by atoms with Gasteiger partial charge in [-0.3, -0.25) is 0 Å². The van der Waals surface area contributed by atoms with E-state index in [9.17, 15) is 5.11 Å². The summed E-state index contributed by atoms with van der Waals surface area (Å²) in [5, 5.41) is 9.38. The van der Waals surface area contributed by atoms with Crippen LogP contribution < -0.4 is 0 Å². The maximum atomic E-state index is 9.38. The molecule has 0 spiro atoms. The van der Waals surface area contributed by atoms with E-state index in [-0.39, 0.29) is 6.10 Å². The smallest absolute Gasteiger partial charge is 0.0752 e. The molecule has 2 heteroatoms. The van der Waals surface area contributed by atoms with E-state index in [1.807, 2.05) is 6.08 Å². The highest BCUT2D eigenvalue weighted by Crippen LogP contribution is 2.32. The normalized spacial score (nSPS) is 40.7. The van der Waals surface area contributed by atoms with Gasteiger partial charge in [0.15, 0.2) is 0 Å². The molecule has 2 nitrogen and oxygen atoms in total. The lowest BCUT2D eigenvalue weighted by Gasteiger charge is -2.29. The van der Waals surface area contributed by atoms with E-state index in [0.29, 0.717) is 17.9 Å². The number of methoxy groups -OCH3 is 1. The Kier molecular flexibility index (Phi) is 3.60. The first-order valence-corrected chi connectivity index (χ1v) is 5.87. The zero-order valence-corrected chi connectivity index (χ0v) is 9.30. The average Bonchev–Trinajstić information content (AvgIpc) is 2.30. The van der Waals surface area contributed by atoms with Crippen LogP contribution in [0.15, 0.2) is 24.3 Å². The number of hydrogen-bond acceptors (Lipinski definition) is 2. The van der Waals surface area contributed by atoms with Gasteiger partial charge in [0.2, 0.25) is 0 Å². The minimum atomic E-state index is -0.208. The Labute approximate surface area is 91.6 Å². The third-order valence-electron chi connectivity index (χ3n) is 3.59. The zero-order chi connectivity index (χ0) is 10.7. The van der Waals surface area contributed by atoms with Crippen LogP contribution in [0, 0.1) is 11.8 Å². The van der Waals surface area contributed by atoms with Crippen LogP contribution in [0.2, 0.25) is 0 Å². The van der Waals surface area contributed by atoms with Gasteiger partial charge in [-0.2, -0.15) is 0 Å². The lowest BCUT2D eigenvalue weighted by Crippen LogP contribution is -2.23. The Balaban J connectivity index is 1.93. The molecule has 0 bridgehead atoms. The van der Waals surface area contributed by atoms with Crippen LogP contribution in [-0.2, 0) is 4.74 Å². The molecular weight excluding hydrogens is 188 g/mol. The van der Waals surface area contributed by atoms with Crippen molar-refractivity contribution < 1.29 is 9.84 Å². The fourth-order valence-electron chi connectivity index (χ4n) is 2.55. The Morgan fingerprint density at radius 2 is 1.60 bits per heavy atom. The summed E-state index contributed by atoms with van der Waals surface area (Å²) in [6.45, 7) is 0. The molecule has 84 valence electrons. The first-order valence-electron chi connectivity index (χ1n) is 5.87. The molecule has 0 saturated carbocycles. The summed E-state index contributed by atoms with van der Waals surface area (Å²) in [6.07, 6.45) is 13.1. The van der Waals surface area contributed by atoms with Crippen molar-refractivity contribution in [2.45, 2.75) is 37.9 Å². The van der Waals surface area contributed by atoms with Gasteiger partial charge in [0.05, 0.1) is 12.2 Å². The first-order chi connectivity index (χ1) is 7.29. The summed E-state index contributed by atoms with van der Waals surface area (Å²) in [5.41, 5.74) is 0. The molecule has 15 heavy (non-hydrogen) atoms. The minimum Gasteiger partial charge on any atom is -0.389 e. The van der Waals surface area contributed by atoms with E-state index in [4.69, 9.17) is 4.74 Å². The molecule has 0 amide bonds. The standard InChI is InChI=1S/C13H20O2/c1-15-13-8-4-11(5-9-13)10-2-6-12(14)7-3-10/h2,4,6,8,10-14H,3,5,7,9H2,1H3/t10-,11?,12?,13+/m1/s1. The Bertz CT molecular complexity index is 257. The summed E-state index contributed by atoms with van der Waals surface area (Å²) in [5.74, 6) is 1.28. The van der Waals surface area contributed by atoms with Crippen LogP contribution in [0.4, 0.5) is 0 Å². The summed E-state index contributed by atoms with van der Waals surface area (Å²) >= 11 is 0. The predicted octanol–water partition coefficient (Wildman–Crippen LogP) is 2.29. The van der Waals surface area contributed by atoms with Crippen LogP contribution in [-0.4, -0.2) is 24.4 Å². The van der Waals surface area contributed by atoms with E-state index in [1.165, 1.54) is 6.42 Å². The second-order valence-electron chi connectivity index (χ2n) is 4.59. The molecule has 0 saturated heterocycles. The van der Waals surface area contributed by atoms with Crippen molar-refractivity contribution in [3.8, 4) is 0 Å². The second kappa shape index (κ2) is 4.95. The third-order valence-corrected chi connectivity index (χ3v) is 3.59. The van der Waals surface area contributed by atoms with Gasteiger partial charge >= 0.3 is 0 Å². The maximum Gasteiger partial charge on any atom is 0.0752 e. The summed E-state index contributed by atoms with van der Waals surface area (Å²) in [4.78, 5) is 0. The van der Waals surface area contributed by atoms with Crippen molar-refractivity contribution in [3.63, 3.8) is 0 Å². The lowest BCUT2D eigenvalue weighted by molar-refractivity contribution is 0.117. The summed E-state index contributed by atoms with van der Waals surface area (Å²) in [6, 6.07) is 0. The molecule has 2 rings (SSSR count). The molecule has 0 heterocycles. The molecule has 0 fully saturated rings. The van der Waals surface area contributed by atoms with Crippen molar-refractivity contribution in [2.24, 2.45) is 11.8 Å². The van der Waals surface area contributed by atoms with Gasteiger partial charge < -0.3 is 9.84 Å². The molecular formula is C13H20O2. The largest absolute Gasteiger partial charge is 0.389 e. The molecule has 2 aliphatic carbocycles. The van der Waals surface area contributed by atoms with Crippen LogP contribution in [0.5, 0.6) is 0 Å². The quantitative estimate of drug-likeness (QED) is 0.706. The first kappa shape index (κ1) is 10.9. The molecule has 0 aliphatic heterocycles. The monoisotopic (exact) mass is 208 g/mol. The maximum absolute atomic E-state index is 9.38. The number of aliphatic hydroxyl groups excluding tert-OH is 1. The Morgan fingerprint density at radius 3 is 2.07 bits per heavy atom. The molecule has 0 aromatic carbocycles. The minimum absolute atomic E-state index is 0.208. The lowest BCUT2D eigenvalue weighted by atomic mass is 9.78. The highest BCUT2D eigenvalue weighted by molar-refractivity contribution is 5.08. The van der Waals surface area contributed by atoms with Crippen molar-refractivity contribution in [1.29, 1.82) is 0 Å². The van der Waals surface area contributed by atoms with E-state index in [2.05, 4.69) is 18.2 Å². The zero-order valence-electron chi connectivity index (χ0n) is 9.30. The average molecular weight is 208 g/mol. The van der Waals surface area contributed by atoms with Crippen LogP contribution in [0.3, 0.4) is 0 Å². The van der Waals surface area contributed by atoms with Crippen molar-refractivity contribution in [2.75, 3.05) is 7.11 Å². The molecule has 1 N–H and O–H groups in total. The second-order valence-corrected chi connectivity index (χ2v) is 4.59. The summed E-state index contributed by atoms with van der Waals surface area (Å²) < 4.78 is 5.30. The predicted molar refractivity (Wildman–Crippen MR) is 60.5 cm³/mol. The SMILES string of the molecule is CO[C@H]1C=CC([C@@H]2C=CC(O)CC2)CC1. The van der Waals surface area contributed by atoms with E-state index in [1.54, 1.807) is 7.11 Å². The molecule has 2 aliphatic rings. The van der Waals surface area contributed by atoms with Crippen LogP contribution in [0.1, 0.15) is 25.7 Å². The van der Waals surface area contributed by atoms with E-state index >= 15 is 0 Å². The van der Waals surface area contributed by atoms with Crippen molar-refractivity contribution in [3.05, 3.63) is 24.3 Å².